The third-order valence-corrected chi connectivity index (χ3v) is 2.90. The summed E-state index contributed by atoms with van der Waals surface area (Å²) in [6.45, 7) is 2.98. The van der Waals surface area contributed by atoms with Crippen LogP contribution in [0.1, 0.15) is 29.0 Å². The molecule has 1 aromatic carbocycles. The SMILES string of the molecule is CC(NCCn1cc(C(=O)O)nn1)c1cccc(F)c1. The lowest BCUT2D eigenvalue weighted by molar-refractivity contribution is 0.0690. The summed E-state index contributed by atoms with van der Waals surface area (Å²) in [5.41, 5.74) is 0.776. The van der Waals surface area contributed by atoms with Gasteiger partial charge < -0.3 is 10.4 Å². The second kappa shape index (κ2) is 6.25. The lowest BCUT2D eigenvalue weighted by atomic mass is 10.1. The molecule has 1 atom stereocenters. The molecule has 0 spiro atoms. The topological polar surface area (TPSA) is 80.0 Å². The highest BCUT2D eigenvalue weighted by atomic mass is 19.1. The zero-order chi connectivity index (χ0) is 14.5. The van der Waals surface area contributed by atoms with E-state index in [1.54, 1.807) is 6.07 Å². The fraction of sp³-hybridized carbons (Fsp3) is 0.308. The standard InChI is InChI=1S/C13H15FN4O2/c1-9(10-3-2-4-11(14)7-10)15-5-6-18-8-12(13(19)20)16-17-18/h2-4,7-9,15H,5-6H2,1H3,(H,19,20). The van der Waals surface area contributed by atoms with Gasteiger partial charge in [-0.2, -0.15) is 0 Å². The Bertz CT molecular complexity index is 600. The minimum atomic E-state index is -1.10. The summed E-state index contributed by atoms with van der Waals surface area (Å²) in [5, 5.41) is 19.2. The molecule has 0 aliphatic heterocycles. The van der Waals surface area contributed by atoms with E-state index in [1.807, 2.05) is 13.0 Å². The fourth-order valence-corrected chi connectivity index (χ4v) is 1.80. The lowest BCUT2D eigenvalue weighted by Gasteiger charge is -2.14. The molecule has 0 saturated heterocycles. The van der Waals surface area contributed by atoms with E-state index >= 15 is 0 Å². The molecule has 2 N–H and O–H groups in total. The number of nitrogens with zero attached hydrogens (tertiary/aromatic N) is 3. The highest BCUT2D eigenvalue weighted by Gasteiger charge is 2.09. The van der Waals surface area contributed by atoms with Crippen LogP contribution in [0.3, 0.4) is 0 Å². The van der Waals surface area contributed by atoms with Crippen molar-refractivity contribution in [2.24, 2.45) is 0 Å². The van der Waals surface area contributed by atoms with Crippen LogP contribution in [0.5, 0.6) is 0 Å². The Morgan fingerprint density at radius 1 is 1.55 bits per heavy atom. The number of rotatable bonds is 6. The average Bonchev–Trinajstić information content (AvgIpc) is 2.87. The summed E-state index contributed by atoms with van der Waals surface area (Å²) in [4.78, 5) is 10.6. The normalized spacial score (nSPS) is 12.3. The van der Waals surface area contributed by atoms with Gasteiger partial charge in [0, 0.05) is 12.6 Å². The molecule has 0 saturated carbocycles. The smallest absolute Gasteiger partial charge is 0.358 e. The van der Waals surface area contributed by atoms with E-state index in [1.165, 1.54) is 23.0 Å². The Hall–Kier alpha value is -2.28. The molecule has 1 heterocycles. The number of carbonyl (C=O) groups is 1. The maximum Gasteiger partial charge on any atom is 0.358 e. The largest absolute Gasteiger partial charge is 0.476 e. The van der Waals surface area contributed by atoms with Gasteiger partial charge in [0.25, 0.3) is 0 Å². The molecule has 2 aromatic rings. The van der Waals surface area contributed by atoms with Crippen LogP contribution in [0.4, 0.5) is 4.39 Å². The maximum atomic E-state index is 13.1. The molecule has 1 aromatic heterocycles. The van der Waals surface area contributed by atoms with Gasteiger partial charge in [-0.15, -0.1) is 5.10 Å². The highest BCUT2D eigenvalue weighted by Crippen LogP contribution is 2.12. The van der Waals surface area contributed by atoms with Crippen LogP contribution in [0, 0.1) is 5.82 Å². The van der Waals surface area contributed by atoms with Crippen molar-refractivity contribution in [2.45, 2.75) is 19.5 Å². The number of aromatic carboxylic acids is 1. The number of aromatic nitrogens is 3. The molecule has 20 heavy (non-hydrogen) atoms. The van der Waals surface area contributed by atoms with Gasteiger partial charge in [-0.05, 0) is 24.6 Å². The molecule has 0 amide bonds. The van der Waals surface area contributed by atoms with E-state index in [-0.39, 0.29) is 17.6 Å². The van der Waals surface area contributed by atoms with Crippen molar-refractivity contribution in [3.05, 3.63) is 47.5 Å². The van der Waals surface area contributed by atoms with Crippen molar-refractivity contribution < 1.29 is 14.3 Å². The first-order chi connectivity index (χ1) is 9.56. The molecule has 7 heteroatoms. The first-order valence-electron chi connectivity index (χ1n) is 6.18. The molecular weight excluding hydrogens is 263 g/mol. The maximum absolute atomic E-state index is 13.1. The Labute approximate surface area is 115 Å². The predicted octanol–water partition coefficient (Wildman–Crippen LogP) is 1.47. The number of carboxylic acid groups (broad SMARTS) is 1. The average molecular weight is 278 g/mol. The quantitative estimate of drug-likeness (QED) is 0.836. The molecule has 0 bridgehead atoms. The monoisotopic (exact) mass is 278 g/mol. The minimum absolute atomic E-state index is 0.00633. The Kier molecular flexibility index (Phi) is 4.41. The second-order valence-corrected chi connectivity index (χ2v) is 4.40. The lowest BCUT2D eigenvalue weighted by Crippen LogP contribution is -2.23. The van der Waals surface area contributed by atoms with Crippen LogP contribution in [-0.2, 0) is 6.54 Å². The van der Waals surface area contributed by atoms with Gasteiger partial charge in [0.1, 0.15) is 5.82 Å². The van der Waals surface area contributed by atoms with Gasteiger partial charge >= 0.3 is 5.97 Å². The highest BCUT2D eigenvalue weighted by molar-refractivity contribution is 5.84. The van der Waals surface area contributed by atoms with E-state index in [4.69, 9.17) is 5.11 Å². The van der Waals surface area contributed by atoms with E-state index in [2.05, 4.69) is 15.6 Å². The van der Waals surface area contributed by atoms with Gasteiger partial charge in [-0.25, -0.2) is 9.18 Å². The van der Waals surface area contributed by atoms with Crippen LogP contribution in [0.2, 0.25) is 0 Å². The van der Waals surface area contributed by atoms with Gasteiger partial charge in [-0.1, -0.05) is 17.3 Å². The van der Waals surface area contributed by atoms with Crippen LogP contribution in [0.25, 0.3) is 0 Å². The van der Waals surface area contributed by atoms with E-state index in [0.717, 1.165) is 5.56 Å². The summed E-state index contributed by atoms with van der Waals surface area (Å²) in [6.07, 6.45) is 1.37. The molecule has 0 radical (unpaired) electrons. The first kappa shape index (κ1) is 14.1. The molecule has 0 fully saturated rings. The molecule has 6 nitrogen and oxygen atoms in total. The molecule has 0 aliphatic rings. The third-order valence-electron chi connectivity index (χ3n) is 2.90. The summed E-state index contributed by atoms with van der Waals surface area (Å²) < 4.78 is 14.5. The molecular formula is C13H15FN4O2. The van der Waals surface area contributed by atoms with Crippen molar-refractivity contribution in [1.29, 1.82) is 0 Å². The van der Waals surface area contributed by atoms with Gasteiger partial charge in [-0.3, -0.25) is 4.68 Å². The summed E-state index contributed by atoms with van der Waals surface area (Å²) >= 11 is 0. The van der Waals surface area contributed by atoms with Crippen molar-refractivity contribution >= 4 is 5.97 Å². The minimum Gasteiger partial charge on any atom is -0.476 e. The van der Waals surface area contributed by atoms with Crippen molar-refractivity contribution in [2.75, 3.05) is 6.54 Å². The zero-order valence-corrected chi connectivity index (χ0v) is 11.0. The zero-order valence-electron chi connectivity index (χ0n) is 11.0. The first-order valence-corrected chi connectivity index (χ1v) is 6.18. The van der Waals surface area contributed by atoms with Crippen molar-refractivity contribution in [3.8, 4) is 0 Å². The Balaban J connectivity index is 1.84. The second-order valence-electron chi connectivity index (χ2n) is 4.40. The fourth-order valence-electron chi connectivity index (χ4n) is 1.80. The number of benzene rings is 1. The van der Waals surface area contributed by atoms with Crippen LogP contribution in [-0.4, -0.2) is 32.6 Å². The molecule has 0 aliphatic carbocycles. The summed E-state index contributed by atoms with van der Waals surface area (Å²) in [7, 11) is 0. The van der Waals surface area contributed by atoms with Crippen LogP contribution in [0.15, 0.2) is 30.5 Å². The molecule has 2 rings (SSSR count). The predicted molar refractivity (Wildman–Crippen MR) is 69.8 cm³/mol. The van der Waals surface area contributed by atoms with E-state index < -0.39 is 5.97 Å². The molecule has 1 unspecified atom stereocenters. The summed E-state index contributed by atoms with van der Waals surface area (Å²) in [5.74, 6) is -1.36. The number of halogens is 1. The summed E-state index contributed by atoms with van der Waals surface area (Å²) in [6, 6.07) is 6.39. The number of hydrogen-bond donors (Lipinski definition) is 2. The van der Waals surface area contributed by atoms with Gasteiger partial charge in [0.15, 0.2) is 5.69 Å². The number of carboxylic acids is 1. The molecule has 106 valence electrons. The van der Waals surface area contributed by atoms with Gasteiger partial charge in [0.05, 0.1) is 12.7 Å². The number of hydrogen-bond acceptors (Lipinski definition) is 4. The van der Waals surface area contributed by atoms with Crippen molar-refractivity contribution in [1.82, 2.24) is 20.3 Å². The van der Waals surface area contributed by atoms with Crippen molar-refractivity contribution in [3.63, 3.8) is 0 Å². The number of nitrogens with one attached hydrogen (secondary N) is 1. The third kappa shape index (κ3) is 3.61. The van der Waals surface area contributed by atoms with E-state index in [9.17, 15) is 9.18 Å². The van der Waals surface area contributed by atoms with E-state index in [0.29, 0.717) is 13.1 Å². The van der Waals surface area contributed by atoms with Crippen LogP contribution >= 0.6 is 0 Å². The Morgan fingerprint density at radius 3 is 3.00 bits per heavy atom. The van der Waals surface area contributed by atoms with Crippen LogP contribution < -0.4 is 5.32 Å². The van der Waals surface area contributed by atoms with Gasteiger partial charge in [0.2, 0.25) is 0 Å². The Morgan fingerprint density at radius 2 is 2.35 bits per heavy atom.